The van der Waals surface area contributed by atoms with E-state index in [4.69, 9.17) is 4.74 Å². The quantitative estimate of drug-likeness (QED) is 0.502. The van der Waals surface area contributed by atoms with Crippen LogP contribution in [0.25, 0.3) is 11.2 Å². The number of amides is 1. The summed E-state index contributed by atoms with van der Waals surface area (Å²) >= 11 is 0. The van der Waals surface area contributed by atoms with E-state index >= 15 is 0 Å². The molecule has 0 aliphatic carbocycles. The molecule has 0 spiro atoms. The zero-order chi connectivity index (χ0) is 24.7. The molecule has 0 saturated carbocycles. The summed E-state index contributed by atoms with van der Waals surface area (Å²) in [7, 11) is 4.76. The molecule has 11 nitrogen and oxygen atoms in total. The normalized spacial score (nSPS) is 16.7. The summed E-state index contributed by atoms with van der Waals surface area (Å²) in [6, 6.07) is 8.08. The van der Waals surface area contributed by atoms with Crippen LogP contribution in [0.15, 0.2) is 33.9 Å². The maximum atomic E-state index is 12.8. The molecular formula is C24H31N7O4. The molecule has 2 aromatic heterocycles. The van der Waals surface area contributed by atoms with E-state index in [0.717, 1.165) is 55.1 Å². The Labute approximate surface area is 202 Å². The Bertz CT molecular complexity index is 1380. The minimum Gasteiger partial charge on any atom is -0.495 e. The molecule has 0 N–H and O–H groups in total. The standard InChI is InChI=1S/C24H31N7O4/c1-26-21-20(22(33)27(2)24(26)34)31-12-9-19(32)30(23(31)25-21)11-6-10-28-13-15-29(16-14-28)17-7-4-5-8-18(17)35-3/h4-5,7-8H,6,9-16H2,1-3H3. The topological polar surface area (TPSA) is 97.8 Å². The molecule has 2 aliphatic heterocycles. The van der Waals surface area contributed by atoms with E-state index in [1.54, 1.807) is 23.6 Å². The van der Waals surface area contributed by atoms with E-state index in [9.17, 15) is 14.4 Å². The van der Waals surface area contributed by atoms with Crippen molar-refractivity contribution in [3.63, 3.8) is 0 Å². The Balaban J connectivity index is 1.26. The number of fused-ring (bicyclic) bond motifs is 3. The van der Waals surface area contributed by atoms with Gasteiger partial charge in [-0.2, -0.15) is 4.98 Å². The molecule has 0 radical (unpaired) electrons. The number of ether oxygens (including phenoxy) is 1. The second kappa shape index (κ2) is 9.21. The maximum absolute atomic E-state index is 12.8. The zero-order valence-electron chi connectivity index (χ0n) is 20.4. The molecule has 186 valence electrons. The van der Waals surface area contributed by atoms with Crippen LogP contribution in [0.4, 0.5) is 11.6 Å². The first-order chi connectivity index (χ1) is 16.9. The molecule has 2 aliphatic rings. The number of benzene rings is 1. The van der Waals surface area contributed by atoms with Crippen molar-refractivity contribution in [2.45, 2.75) is 19.4 Å². The van der Waals surface area contributed by atoms with Crippen LogP contribution in [-0.2, 0) is 25.4 Å². The number of aromatic nitrogens is 4. The molecule has 0 bridgehead atoms. The van der Waals surface area contributed by atoms with Crippen LogP contribution in [0, 0.1) is 0 Å². The van der Waals surface area contributed by atoms with Gasteiger partial charge in [0.1, 0.15) is 5.75 Å². The number of imidazole rings is 1. The van der Waals surface area contributed by atoms with Gasteiger partial charge in [0.25, 0.3) is 5.56 Å². The summed E-state index contributed by atoms with van der Waals surface area (Å²) in [5, 5.41) is 0. The smallest absolute Gasteiger partial charge is 0.332 e. The molecule has 0 atom stereocenters. The molecule has 4 heterocycles. The summed E-state index contributed by atoms with van der Waals surface area (Å²) in [6.07, 6.45) is 1.10. The monoisotopic (exact) mass is 481 g/mol. The van der Waals surface area contributed by atoms with Crippen LogP contribution in [0.2, 0.25) is 0 Å². The van der Waals surface area contributed by atoms with Crippen molar-refractivity contribution < 1.29 is 9.53 Å². The third kappa shape index (κ3) is 3.99. The van der Waals surface area contributed by atoms with Gasteiger partial charge < -0.3 is 14.2 Å². The highest BCUT2D eigenvalue weighted by molar-refractivity contribution is 5.95. The molecule has 1 amide bonds. The van der Waals surface area contributed by atoms with Crippen LogP contribution >= 0.6 is 0 Å². The predicted molar refractivity (Wildman–Crippen MR) is 133 cm³/mol. The highest BCUT2D eigenvalue weighted by Crippen LogP contribution is 2.28. The van der Waals surface area contributed by atoms with E-state index in [0.29, 0.717) is 36.6 Å². The molecule has 35 heavy (non-hydrogen) atoms. The summed E-state index contributed by atoms with van der Waals surface area (Å²) in [6.45, 7) is 5.46. The molecule has 1 saturated heterocycles. The number of hydrogen-bond acceptors (Lipinski definition) is 7. The molecule has 1 fully saturated rings. The Hall–Kier alpha value is -3.60. The minimum absolute atomic E-state index is 0.00405. The largest absolute Gasteiger partial charge is 0.495 e. The highest BCUT2D eigenvalue weighted by Gasteiger charge is 2.30. The van der Waals surface area contributed by atoms with Gasteiger partial charge in [0.15, 0.2) is 11.2 Å². The molecule has 0 unspecified atom stereocenters. The first-order valence-corrected chi connectivity index (χ1v) is 12.0. The summed E-state index contributed by atoms with van der Waals surface area (Å²) in [4.78, 5) is 48.9. The van der Waals surface area contributed by atoms with E-state index in [-0.39, 0.29) is 11.5 Å². The fourth-order valence-corrected chi connectivity index (χ4v) is 5.09. The Kier molecular flexibility index (Phi) is 6.10. The molecule has 3 aromatic rings. The number of methoxy groups -OCH3 is 1. The number of anilines is 2. The lowest BCUT2D eigenvalue weighted by molar-refractivity contribution is -0.119. The van der Waals surface area contributed by atoms with Crippen LogP contribution in [-0.4, -0.2) is 75.9 Å². The third-order valence-electron chi connectivity index (χ3n) is 7.07. The van der Waals surface area contributed by atoms with Gasteiger partial charge >= 0.3 is 5.69 Å². The van der Waals surface area contributed by atoms with Gasteiger partial charge in [0.05, 0.1) is 12.8 Å². The van der Waals surface area contributed by atoms with Gasteiger partial charge in [0.2, 0.25) is 11.9 Å². The predicted octanol–water partition coefficient (Wildman–Crippen LogP) is 0.391. The Morgan fingerprint density at radius 3 is 2.43 bits per heavy atom. The van der Waals surface area contributed by atoms with Gasteiger partial charge in [-0.05, 0) is 25.1 Å². The second-order valence-electron chi connectivity index (χ2n) is 9.09. The Morgan fingerprint density at radius 2 is 1.69 bits per heavy atom. The molecule has 11 heteroatoms. The number of hydrogen-bond donors (Lipinski definition) is 0. The summed E-state index contributed by atoms with van der Waals surface area (Å²) < 4.78 is 9.74. The van der Waals surface area contributed by atoms with Crippen LogP contribution in [0.1, 0.15) is 12.8 Å². The van der Waals surface area contributed by atoms with Gasteiger partial charge in [-0.15, -0.1) is 0 Å². The van der Waals surface area contributed by atoms with E-state index < -0.39 is 5.69 Å². The van der Waals surface area contributed by atoms with Crippen molar-refractivity contribution in [3.05, 3.63) is 45.1 Å². The lowest BCUT2D eigenvalue weighted by Gasteiger charge is -2.37. The second-order valence-corrected chi connectivity index (χ2v) is 9.09. The molecule has 5 rings (SSSR count). The van der Waals surface area contributed by atoms with Crippen molar-refractivity contribution in [2.75, 3.05) is 56.2 Å². The average Bonchev–Trinajstić information content (AvgIpc) is 3.28. The third-order valence-corrected chi connectivity index (χ3v) is 7.07. The van der Waals surface area contributed by atoms with Crippen LogP contribution in [0.3, 0.4) is 0 Å². The number of piperazine rings is 1. The number of nitrogens with zero attached hydrogens (tertiary/aromatic N) is 7. The van der Waals surface area contributed by atoms with Crippen molar-refractivity contribution in [1.82, 2.24) is 23.6 Å². The van der Waals surface area contributed by atoms with Gasteiger partial charge in [0, 0.05) is 59.8 Å². The minimum atomic E-state index is -0.428. The number of para-hydroxylation sites is 2. The number of rotatable bonds is 6. The fraction of sp³-hybridized carbons (Fsp3) is 0.500. The average molecular weight is 482 g/mol. The van der Waals surface area contributed by atoms with E-state index in [2.05, 4.69) is 20.9 Å². The van der Waals surface area contributed by atoms with E-state index in [1.807, 2.05) is 18.2 Å². The van der Waals surface area contributed by atoms with Crippen LogP contribution in [0.5, 0.6) is 5.75 Å². The lowest BCUT2D eigenvalue weighted by atomic mass is 10.2. The van der Waals surface area contributed by atoms with E-state index in [1.165, 1.54) is 11.6 Å². The number of carbonyl (C=O) groups excluding carboxylic acids is 1. The summed E-state index contributed by atoms with van der Waals surface area (Å²) in [5.41, 5.74) is 0.995. The molecule has 1 aromatic carbocycles. The summed E-state index contributed by atoms with van der Waals surface area (Å²) in [5.74, 6) is 1.34. The van der Waals surface area contributed by atoms with Gasteiger partial charge in [-0.1, -0.05) is 12.1 Å². The first kappa shape index (κ1) is 23.2. The Morgan fingerprint density at radius 1 is 0.943 bits per heavy atom. The number of carbonyl (C=O) groups is 1. The van der Waals surface area contributed by atoms with Crippen molar-refractivity contribution in [1.29, 1.82) is 0 Å². The van der Waals surface area contributed by atoms with Gasteiger partial charge in [-0.3, -0.25) is 28.5 Å². The van der Waals surface area contributed by atoms with Crippen molar-refractivity contribution in [2.24, 2.45) is 14.1 Å². The fourth-order valence-electron chi connectivity index (χ4n) is 5.09. The van der Waals surface area contributed by atoms with Crippen molar-refractivity contribution >= 4 is 28.7 Å². The number of aryl methyl sites for hydroxylation is 2. The highest BCUT2D eigenvalue weighted by atomic mass is 16.5. The SMILES string of the molecule is COc1ccccc1N1CCN(CCCN2C(=O)CCn3c2nc2c3c(=O)n(C)c(=O)n2C)CC1. The maximum Gasteiger partial charge on any atom is 0.332 e. The van der Waals surface area contributed by atoms with Gasteiger partial charge in [-0.25, -0.2) is 4.79 Å². The van der Waals surface area contributed by atoms with Crippen LogP contribution < -0.4 is 25.8 Å². The first-order valence-electron chi connectivity index (χ1n) is 12.0. The molecular weight excluding hydrogens is 450 g/mol. The lowest BCUT2D eigenvalue weighted by Crippen LogP contribution is -2.47. The zero-order valence-corrected chi connectivity index (χ0v) is 20.4. The van der Waals surface area contributed by atoms with Crippen molar-refractivity contribution in [3.8, 4) is 5.75 Å².